The van der Waals surface area contributed by atoms with Crippen LogP contribution in [0.1, 0.15) is 0 Å². The maximum Gasteiger partial charge on any atom is 0.329 e. The molecule has 0 aromatic carbocycles. The summed E-state index contributed by atoms with van der Waals surface area (Å²) in [4.78, 5) is 10.0. The number of hydrogen-bond acceptors (Lipinski definition) is 6. The third-order valence-corrected chi connectivity index (χ3v) is 4.11. The fourth-order valence-electron chi connectivity index (χ4n) is 0.762. The van der Waals surface area contributed by atoms with Gasteiger partial charge < -0.3 is 9.84 Å². The number of nitrogens with one attached hydrogen (secondary N) is 1. The standard InChI is InChI=1S/C7H15NO7S2/c1-16(11,12)4-5-17(13,14)8-2-3-15-6-7(9)10/h8H,2-6H2,1H3,(H,9,10). The molecule has 0 saturated carbocycles. The Morgan fingerprint density at radius 2 is 1.82 bits per heavy atom. The molecular formula is C7H15NO7S2. The van der Waals surface area contributed by atoms with Crippen molar-refractivity contribution in [1.82, 2.24) is 4.72 Å². The summed E-state index contributed by atoms with van der Waals surface area (Å²) in [6.07, 6.45) is 0.943. The first-order chi connectivity index (χ1) is 7.62. The summed E-state index contributed by atoms with van der Waals surface area (Å²) in [5, 5.41) is 8.22. The predicted molar refractivity (Wildman–Crippen MR) is 60.0 cm³/mol. The van der Waals surface area contributed by atoms with E-state index < -0.39 is 43.9 Å². The lowest BCUT2D eigenvalue weighted by atomic mass is 10.7. The number of rotatable bonds is 9. The van der Waals surface area contributed by atoms with Crippen LogP contribution in [-0.4, -0.2) is 65.4 Å². The molecule has 8 nitrogen and oxygen atoms in total. The van der Waals surface area contributed by atoms with Crippen LogP contribution in [0.3, 0.4) is 0 Å². The molecule has 0 fully saturated rings. The molecule has 0 aliphatic carbocycles. The van der Waals surface area contributed by atoms with Gasteiger partial charge in [-0.2, -0.15) is 0 Å². The van der Waals surface area contributed by atoms with E-state index in [1.807, 2.05) is 0 Å². The number of aliphatic carboxylic acids is 1. The molecule has 0 aromatic heterocycles. The SMILES string of the molecule is CS(=O)(=O)CCS(=O)(=O)NCCOCC(=O)O. The van der Waals surface area contributed by atoms with Crippen LogP contribution < -0.4 is 4.72 Å². The normalized spacial score (nSPS) is 12.5. The summed E-state index contributed by atoms with van der Waals surface area (Å²) in [5.41, 5.74) is 0. The fraction of sp³-hybridized carbons (Fsp3) is 0.857. The molecule has 0 spiro atoms. The van der Waals surface area contributed by atoms with E-state index in [-0.39, 0.29) is 13.2 Å². The van der Waals surface area contributed by atoms with E-state index >= 15 is 0 Å². The Bertz CT molecular complexity index is 439. The number of sulfone groups is 1. The lowest BCUT2D eigenvalue weighted by molar-refractivity contribution is -0.142. The Balaban J connectivity index is 3.83. The molecule has 0 aliphatic rings. The van der Waals surface area contributed by atoms with Crippen LogP contribution in [0.4, 0.5) is 0 Å². The summed E-state index contributed by atoms with van der Waals surface area (Å²) in [7, 11) is -7.00. The van der Waals surface area contributed by atoms with Gasteiger partial charge in [0.05, 0.1) is 18.1 Å². The highest BCUT2D eigenvalue weighted by Crippen LogP contribution is 1.89. The third-order valence-electron chi connectivity index (χ3n) is 1.52. The molecule has 0 rings (SSSR count). The summed E-state index contributed by atoms with van der Waals surface area (Å²) >= 11 is 0. The molecule has 2 N–H and O–H groups in total. The van der Waals surface area contributed by atoms with Crippen LogP contribution in [0.15, 0.2) is 0 Å². The molecule has 0 aromatic rings. The smallest absolute Gasteiger partial charge is 0.329 e. The van der Waals surface area contributed by atoms with Crippen molar-refractivity contribution in [2.24, 2.45) is 0 Å². The number of hydrogen-bond donors (Lipinski definition) is 2. The Morgan fingerprint density at radius 3 is 2.29 bits per heavy atom. The Hall–Kier alpha value is -0.710. The first-order valence-electron chi connectivity index (χ1n) is 4.57. The fourth-order valence-corrected chi connectivity index (χ4v) is 3.39. The summed E-state index contributed by atoms with van der Waals surface area (Å²) in [6.45, 7) is -0.700. The van der Waals surface area contributed by atoms with Crippen molar-refractivity contribution in [3.8, 4) is 0 Å². The lowest BCUT2D eigenvalue weighted by Gasteiger charge is -2.05. The van der Waals surface area contributed by atoms with Gasteiger partial charge in [0.15, 0.2) is 0 Å². The van der Waals surface area contributed by atoms with E-state index in [2.05, 4.69) is 9.46 Å². The molecule has 0 saturated heterocycles. The number of sulfonamides is 1. The maximum absolute atomic E-state index is 11.2. The van der Waals surface area contributed by atoms with E-state index in [0.717, 1.165) is 6.26 Å². The zero-order valence-corrected chi connectivity index (χ0v) is 10.9. The highest BCUT2D eigenvalue weighted by Gasteiger charge is 2.13. The minimum atomic E-state index is -3.67. The van der Waals surface area contributed by atoms with E-state index in [4.69, 9.17) is 5.11 Å². The van der Waals surface area contributed by atoms with Gasteiger partial charge in [0.2, 0.25) is 10.0 Å². The summed E-state index contributed by atoms with van der Waals surface area (Å²) in [5.74, 6) is -2.13. The number of carbonyl (C=O) groups is 1. The molecule has 102 valence electrons. The molecule has 0 unspecified atom stereocenters. The first kappa shape index (κ1) is 16.3. The van der Waals surface area contributed by atoms with Crippen molar-refractivity contribution >= 4 is 25.8 Å². The molecule has 17 heavy (non-hydrogen) atoms. The van der Waals surface area contributed by atoms with E-state index in [1.54, 1.807) is 0 Å². The largest absolute Gasteiger partial charge is 0.480 e. The van der Waals surface area contributed by atoms with Crippen molar-refractivity contribution in [2.75, 3.05) is 37.5 Å². The molecule has 0 radical (unpaired) electrons. The van der Waals surface area contributed by atoms with E-state index in [1.165, 1.54) is 0 Å². The minimum Gasteiger partial charge on any atom is -0.480 e. The zero-order chi connectivity index (χ0) is 13.5. The van der Waals surface area contributed by atoms with Crippen molar-refractivity contribution in [2.45, 2.75) is 0 Å². The van der Waals surface area contributed by atoms with Crippen LogP contribution in [0, 0.1) is 0 Å². The minimum absolute atomic E-state index is 0.0929. The van der Waals surface area contributed by atoms with E-state index in [0.29, 0.717) is 0 Å². The van der Waals surface area contributed by atoms with Gasteiger partial charge in [-0.25, -0.2) is 26.4 Å². The van der Waals surface area contributed by atoms with E-state index in [9.17, 15) is 21.6 Å². The third kappa shape index (κ3) is 11.6. The number of carboxylic acids is 1. The molecule has 0 bridgehead atoms. The zero-order valence-electron chi connectivity index (χ0n) is 9.25. The quantitative estimate of drug-likeness (QED) is 0.472. The second-order valence-corrected chi connectivity index (χ2v) is 7.48. The summed E-state index contributed by atoms with van der Waals surface area (Å²) < 4.78 is 50.6. The maximum atomic E-state index is 11.2. The van der Waals surface area contributed by atoms with Crippen molar-refractivity contribution < 1.29 is 31.5 Å². The molecule has 0 heterocycles. The van der Waals surface area contributed by atoms with Crippen molar-refractivity contribution in [1.29, 1.82) is 0 Å². The van der Waals surface area contributed by atoms with Crippen LogP contribution in [0.25, 0.3) is 0 Å². The van der Waals surface area contributed by atoms with Crippen LogP contribution in [0.2, 0.25) is 0 Å². The van der Waals surface area contributed by atoms with Crippen molar-refractivity contribution in [3.63, 3.8) is 0 Å². The topological polar surface area (TPSA) is 127 Å². The Labute approximate surface area is 99.9 Å². The van der Waals surface area contributed by atoms with Gasteiger partial charge in [0, 0.05) is 12.8 Å². The molecular weight excluding hydrogens is 274 g/mol. The van der Waals surface area contributed by atoms with Gasteiger partial charge in [0.25, 0.3) is 0 Å². The molecule has 0 amide bonds. The lowest BCUT2D eigenvalue weighted by Crippen LogP contribution is -2.32. The molecule has 10 heteroatoms. The van der Waals surface area contributed by atoms with Gasteiger partial charge in [0.1, 0.15) is 16.4 Å². The Kier molecular flexibility index (Phi) is 6.60. The second kappa shape index (κ2) is 6.89. The summed E-state index contributed by atoms with van der Waals surface area (Å²) in [6, 6.07) is 0. The highest BCUT2D eigenvalue weighted by atomic mass is 32.2. The van der Waals surface area contributed by atoms with Crippen LogP contribution >= 0.6 is 0 Å². The van der Waals surface area contributed by atoms with Gasteiger partial charge in [-0.05, 0) is 0 Å². The molecule has 0 aliphatic heterocycles. The second-order valence-electron chi connectivity index (χ2n) is 3.29. The van der Waals surface area contributed by atoms with Gasteiger partial charge in [-0.1, -0.05) is 0 Å². The number of carboxylic acid groups (broad SMARTS) is 1. The van der Waals surface area contributed by atoms with Crippen molar-refractivity contribution in [3.05, 3.63) is 0 Å². The highest BCUT2D eigenvalue weighted by molar-refractivity contribution is 7.93. The van der Waals surface area contributed by atoms with Gasteiger partial charge in [-0.15, -0.1) is 0 Å². The Morgan fingerprint density at radius 1 is 1.24 bits per heavy atom. The monoisotopic (exact) mass is 289 g/mol. The molecule has 0 atom stereocenters. The first-order valence-corrected chi connectivity index (χ1v) is 8.28. The average Bonchev–Trinajstić information content (AvgIpc) is 2.13. The van der Waals surface area contributed by atoms with Crippen LogP contribution in [0.5, 0.6) is 0 Å². The predicted octanol–water partition coefficient (Wildman–Crippen LogP) is -1.95. The van der Waals surface area contributed by atoms with Gasteiger partial charge in [-0.3, -0.25) is 0 Å². The number of ether oxygens (including phenoxy) is 1. The van der Waals surface area contributed by atoms with Gasteiger partial charge >= 0.3 is 5.97 Å². The van der Waals surface area contributed by atoms with Crippen LogP contribution in [-0.2, 0) is 29.4 Å². The average molecular weight is 289 g/mol.